The van der Waals surface area contributed by atoms with E-state index in [1.807, 2.05) is 30.5 Å². The Hall–Kier alpha value is -0.730. The molecule has 2 aromatic rings. The summed E-state index contributed by atoms with van der Waals surface area (Å²) in [5.74, 6) is 0. The molecule has 2 rings (SSSR count). The van der Waals surface area contributed by atoms with Gasteiger partial charge in [-0.1, -0.05) is 19.1 Å². The van der Waals surface area contributed by atoms with Gasteiger partial charge < -0.3 is 5.73 Å². The number of benzene rings is 1. The van der Waals surface area contributed by atoms with Gasteiger partial charge in [-0.2, -0.15) is 4.31 Å². The Labute approximate surface area is 137 Å². The van der Waals surface area contributed by atoms with Crippen LogP contribution in [0.1, 0.15) is 17.4 Å². The van der Waals surface area contributed by atoms with Crippen molar-refractivity contribution in [1.82, 2.24) is 4.31 Å². The molecule has 0 fully saturated rings. The highest BCUT2D eigenvalue weighted by Crippen LogP contribution is 2.27. The van der Waals surface area contributed by atoms with Crippen LogP contribution in [0.3, 0.4) is 0 Å². The highest BCUT2D eigenvalue weighted by molar-refractivity contribution is 9.10. The fourth-order valence-corrected chi connectivity index (χ4v) is 5.16. The van der Waals surface area contributed by atoms with Gasteiger partial charge in [-0.3, -0.25) is 0 Å². The third-order valence-electron chi connectivity index (χ3n) is 3.11. The van der Waals surface area contributed by atoms with Crippen LogP contribution in [0.5, 0.6) is 0 Å². The molecule has 0 aliphatic rings. The first-order chi connectivity index (χ1) is 9.98. The minimum atomic E-state index is -3.55. The Kier molecular flexibility index (Phi) is 5.56. The van der Waals surface area contributed by atoms with Crippen molar-refractivity contribution in [2.24, 2.45) is 5.73 Å². The highest BCUT2D eigenvalue weighted by atomic mass is 79.9. The zero-order chi connectivity index (χ0) is 15.5. The van der Waals surface area contributed by atoms with Crippen LogP contribution in [-0.4, -0.2) is 19.3 Å². The van der Waals surface area contributed by atoms with Gasteiger partial charge in [0, 0.05) is 29.0 Å². The number of rotatable bonds is 6. The Morgan fingerprint density at radius 2 is 2.10 bits per heavy atom. The van der Waals surface area contributed by atoms with Gasteiger partial charge in [0.25, 0.3) is 0 Å². The monoisotopic (exact) mass is 388 g/mol. The molecule has 1 aromatic carbocycles. The van der Waals surface area contributed by atoms with Gasteiger partial charge in [0.1, 0.15) is 0 Å². The maximum atomic E-state index is 12.8. The second kappa shape index (κ2) is 7.02. The minimum absolute atomic E-state index is 0.267. The Bertz CT molecular complexity index is 700. The first kappa shape index (κ1) is 16.6. The number of halogens is 1. The molecular formula is C14H17BrN2O2S2. The summed E-state index contributed by atoms with van der Waals surface area (Å²) in [6.07, 6.45) is 0. The summed E-state index contributed by atoms with van der Waals surface area (Å²) in [5.41, 5.74) is 6.40. The van der Waals surface area contributed by atoms with Crippen molar-refractivity contribution in [2.75, 3.05) is 6.54 Å². The van der Waals surface area contributed by atoms with E-state index in [1.165, 1.54) is 4.31 Å². The molecule has 0 saturated carbocycles. The molecule has 114 valence electrons. The van der Waals surface area contributed by atoms with Gasteiger partial charge in [-0.15, -0.1) is 11.3 Å². The van der Waals surface area contributed by atoms with Crippen LogP contribution in [0, 0.1) is 0 Å². The summed E-state index contributed by atoms with van der Waals surface area (Å²) in [6, 6.07) is 9.04. The van der Waals surface area contributed by atoms with Crippen molar-refractivity contribution >= 4 is 37.3 Å². The highest BCUT2D eigenvalue weighted by Gasteiger charge is 2.26. The molecule has 0 unspecified atom stereocenters. The summed E-state index contributed by atoms with van der Waals surface area (Å²) in [5, 5.41) is 1.95. The van der Waals surface area contributed by atoms with Gasteiger partial charge in [0.05, 0.1) is 4.90 Å². The van der Waals surface area contributed by atoms with Crippen LogP contribution < -0.4 is 5.73 Å². The van der Waals surface area contributed by atoms with Crippen molar-refractivity contribution in [3.8, 4) is 0 Å². The molecule has 0 amide bonds. The van der Waals surface area contributed by atoms with E-state index in [0.29, 0.717) is 24.1 Å². The van der Waals surface area contributed by atoms with E-state index in [2.05, 4.69) is 15.9 Å². The summed E-state index contributed by atoms with van der Waals surface area (Å²) < 4.78 is 27.7. The number of nitrogens with zero attached hydrogens (tertiary/aromatic N) is 1. The van der Waals surface area contributed by atoms with Crippen LogP contribution in [0.4, 0.5) is 0 Å². The van der Waals surface area contributed by atoms with E-state index in [0.717, 1.165) is 10.4 Å². The van der Waals surface area contributed by atoms with Gasteiger partial charge >= 0.3 is 0 Å². The maximum Gasteiger partial charge on any atom is 0.244 e. The predicted molar refractivity (Wildman–Crippen MR) is 89.6 cm³/mol. The van der Waals surface area contributed by atoms with Gasteiger partial charge in [-0.05, 0) is 45.1 Å². The summed E-state index contributed by atoms with van der Waals surface area (Å²) in [4.78, 5) is 1.29. The lowest BCUT2D eigenvalue weighted by Gasteiger charge is -2.21. The lowest BCUT2D eigenvalue weighted by Crippen LogP contribution is -2.30. The number of hydrogen-bond donors (Lipinski definition) is 1. The van der Waals surface area contributed by atoms with Crippen molar-refractivity contribution in [3.05, 3.63) is 50.6 Å². The molecule has 1 aromatic heterocycles. The number of sulfonamides is 1. The lowest BCUT2D eigenvalue weighted by atomic mass is 10.2. The fourth-order valence-electron chi connectivity index (χ4n) is 1.95. The summed E-state index contributed by atoms with van der Waals surface area (Å²) in [7, 11) is -3.55. The van der Waals surface area contributed by atoms with E-state index < -0.39 is 10.0 Å². The molecule has 0 atom stereocenters. The van der Waals surface area contributed by atoms with Crippen molar-refractivity contribution in [3.63, 3.8) is 0 Å². The molecule has 0 saturated heterocycles. The Morgan fingerprint density at radius 3 is 2.67 bits per heavy atom. The maximum absolute atomic E-state index is 12.8. The molecule has 0 radical (unpaired) electrons. The fraction of sp³-hybridized carbons (Fsp3) is 0.286. The number of hydrogen-bond acceptors (Lipinski definition) is 4. The molecule has 4 nitrogen and oxygen atoms in total. The van der Waals surface area contributed by atoms with E-state index in [4.69, 9.17) is 5.73 Å². The molecule has 2 N–H and O–H groups in total. The van der Waals surface area contributed by atoms with Gasteiger partial charge in [0.2, 0.25) is 10.0 Å². The summed E-state index contributed by atoms with van der Waals surface area (Å²) in [6.45, 7) is 2.95. The first-order valence-corrected chi connectivity index (χ1v) is 9.61. The second-order valence-electron chi connectivity index (χ2n) is 4.48. The molecule has 7 heteroatoms. The van der Waals surface area contributed by atoms with E-state index >= 15 is 0 Å². The largest absolute Gasteiger partial charge is 0.326 e. The van der Waals surface area contributed by atoms with E-state index in [-0.39, 0.29) is 4.90 Å². The number of nitrogens with two attached hydrogens (primary N) is 1. The molecule has 21 heavy (non-hydrogen) atoms. The Morgan fingerprint density at radius 1 is 1.33 bits per heavy atom. The lowest BCUT2D eigenvalue weighted by molar-refractivity contribution is 0.426. The third-order valence-corrected chi connectivity index (χ3v) is 6.89. The predicted octanol–water partition coefficient (Wildman–Crippen LogP) is 3.18. The average molecular weight is 389 g/mol. The standard InChI is InChI=1S/C14H17BrN2O2S2/c1-2-17(10-12-4-3-7-20-12)21(18,19)14-8-11(9-16)5-6-13(14)15/h3-8H,2,9-10,16H2,1H3. The smallest absolute Gasteiger partial charge is 0.244 e. The van der Waals surface area contributed by atoms with Crippen molar-refractivity contribution < 1.29 is 8.42 Å². The van der Waals surface area contributed by atoms with Crippen LogP contribution in [0.2, 0.25) is 0 Å². The molecular weight excluding hydrogens is 372 g/mol. The molecule has 0 bridgehead atoms. The Balaban J connectivity index is 2.39. The molecule has 0 aliphatic carbocycles. The normalized spacial score (nSPS) is 12.0. The zero-order valence-electron chi connectivity index (χ0n) is 11.6. The van der Waals surface area contributed by atoms with E-state index in [9.17, 15) is 8.42 Å². The number of thiophene rings is 1. The zero-order valence-corrected chi connectivity index (χ0v) is 14.8. The molecule has 1 heterocycles. The topological polar surface area (TPSA) is 63.4 Å². The van der Waals surface area contributed by atoms with Crippen molar-refractivity contribution in [2.45, 2.75) is 24.9 Å². The SMILES string of the molecule is CCN(Cc1cccs1)S(=O)(=O)c1cc(CN)ccc1Br. The summed E-state index contributed by atoms with van der Waals surface area (Å²) >= 11 is 4.88. The van der Waals surface area contributed by atoms with Gasteiger partial charge in [-0.25, -0.2) is 8.42 Å². The third kappa shape index (κ3) is 3.73. The second-order valence-corrected chi connectivity index (χ2v) is 8.27. The van der Waals surface area contributed by atoms with Crippen LogP contribution in [-0.2, 0) is 23.1 Å². The quantitative estimate of drug-likeness (QED) is 0.826. The minimum Gasteiger partial charge on any atom is -0.326 e. The van der Waals surface area contributed by atoms with E-state index in [1.54, 1.807) is 23.5 Å². The van der Waals surface area contributed by atoms with Crippen LogP contribution in [0.15, 0.2) is 45.1 Å². The first-order valence-electron chi connectivity index (χ1n) is 6.50. The van der Waals surface area contributed by atoms with Crippen LogP contribution >= 0.6 is 27.3 Å². The molecule has 0 spiro atoms. The van der Waals surface area contributed by atoms with Gasteiger partial charge in [0.15, 0.2) is 0 Å². The molecule has 0 aliphatic heterocycles. The van der Waals surface area contributed by atoms with Crippen molar-refractivity contribution in [1.29, 1.82) is 0 Å². The van der Waals surface area contributed by atoms with Crippen LogP contribution in [0.25, 0.3) is 0 Å². The average Bonchev–Trinajstić information content (AvgIpc) is 2.98.